The molecule has 1 amide bonds. The first-order valence-corrected chi connectivity index (χ1v) is 9.62. The fourth-order valence-corrected chi connectivity index (χ4v) is 4.32. The Kier molecular flexibility index (Phi) is 5.24. The van der Waals surface area contributed by atoms with E-state index in [0.29, 0.717) is 31.0 Å². The zero-order valence-corrected chi connectivity index (χ0v) is 16.3. The van der Waals surface area contributed by atoms with Crippen molar-refractivity contribution in [3.63, 3.8) is 0 Å². The largest absolute Gasteiger partial charge is 0.493 e. The summed E-state index contributed by atoms with van der Waals surface area (Å²) in [4.78, 5) is 15.1. The highest BCUT2D eigenvalue weighted by Crippen LogP contribution is 2.38. The van der Waals surface area contributed by atoms with Gasteiger partial charge in [0.1, 0.15) is 0 Å². The van der Waals surface area contributed by atoms with Gasteiger partial charge in [0, 0.05) is 13.1 Å². The Hall–Kier alpha value is -2.57. The van der Waals surface area contributed by atoms with Crippen LogP contribution in [-0.2, 0) is 24.2 Å². The van der Waals surface area contributed by atoms with E-state index in [0.717, 1.165) is 17.5 Å². The highest BCUT2D eigenvalue weighted by atomic mass is 16.5. The number of aliphatic hydroxyl groups is 1. The summed E-state index contributed by atoms with van der Waals surface area (Å²) in [5.74, 6) is 1.32. The monoisotopic (exact) mass is 382 g/mol. The molecule has 0 radical (unpaired) electrons. The maximum atomic E-state index is 13.3. The lowest BCUT2D eigenvalue weighted by molar-refractivity contribution is -0.137. The number of aliphatic hydroxyl groups excluding tert-OH is 1. The molecule has 0 saturated heterocycles. The topological polar surface area (TPSA) is 71.0 Å². The lowest BCUT2D eigenvalue weighted by Crippen LogP contribution is -2.52. The average molecular weight is 382 g/mol. The highest BCUT2D eigenvalue weighted by Gasteiger charge is 2.36. The van der Waals surface area contributed by atoms with Gasteiger partial charge in [-0.3, -0.25) is 4.79 Å². The molecule has 0 spiro atoms. The van der Waals surface area contributed by atoms with Crippen molar-refractivity contribution < 1.29 is 19.4 Å². The molecular weight excluding hydrogens is 356 g/mol. The van der Waals surface area contributed by atoms with Gasteiger partial charge >= 0.3 is 0 Å². The number of carbonyl (C=O) groups is 1. The highest BCUT2D eigenvalue weighted by molar-refractivity contribution is 5.83. The van der Waals surface area contributed by atoms with Crippen molar-refractivity contribution in [2.75, 3.05) is 27.4 Å². The Morgan fingerprint density at radius 3 is 2.57 bits per heavy atom. The Morgan fingerprint density at radius 1 is 1.14 bits per heavy atom. The smallest absolute Gasteiger partial charge is 0.240 e. The summed E-state index contributed by atoms with van der Waals surface area (Å²) >= 11 is 0. The molecule has 0 aromatic heterocycles. The normalized spacial score (nSPS) is 20.9. The number of rotatable bonds is 4. The summed E-state index contributed by atoms with van der Waals surface area (Å²) in [5, 5.41) is 13.5. The molecule has 0 bridgehead atoms. The molecule has 2 atom stereocenters. The van der Waals surface area contributed by atoms with E-state index in [4.69, 9.17) is 9.47 Å². The second-order valence-corrected chi connectivity index (χ2v) is 7.29. The molecule has 0 saturated carbocycles. The molecule has 2 aromatic carbocycles. The third kappa shape index (κ3) is 3.23. The maximum absolute atomic E-state index is 13.3. The SMILES string of the molecule is COc1cc2c(cc1OC)C(CO)N(C(=O)[C@@H]1Cc3ccccc3CN1)CC2. The van der Waals surface area contributed by atoms with Gasteiger partial charge in [-0.25, -0.2) is 0 Å². The van der Waals surface area contributed by atoms with E-state index in [1.165, 1.54) is 11.1 Å². The van der Waals surface area contributed by atoms with Crippen LogP contribution in [0.1, 0.15) is 28.3 Å². The van der Waals surface area contributed by atoms with Crippen molar-refractivity contribution >= 4 is 5.91 Å². The van der Waals surface area contributed by atoms with Crippen LogP contribution < -0.4 is 14.8 Å². The Bertz CT molecular complexity index is 883. The Morgan fingerprint density at radius 2 is 1.86 bits per heavy atom. The standard InChI is InChI=1S/C22H26N2O4/c1-27-20-10-15-7-8-24(19(13-25)17(15)11-21(20)28-2)22(26)18-9-14-5-3-4-6-16(14)12-23-18/h3-6,10-11,18-19,23,25H,7-9,12-13H2,1-2H3/t18-,19?/m0/s1. The summed E-state index contributed by atoms with van der Waals surface area (Å²) in [5.41, 5.74) is 4.47. The van der Waals surface area contributed by atoms with Crippen LogP contribution in [0.4, 0.5) is 0 Å². The first kappa shape index (κ1) is 18.8. The molecule has 2 aliphatic rings. The number of fused-ring (bicyclic) bond motifs is 2. The third-order valence-corrected chi connectivity index (χ3v) is 5.84. The van der Waals surface area contributed by atoms with Crippen molar-refractivity contribution in [2.45, 2.75) is 31.5 Å². The summed E-state index contributed by atoms with van der Waals surface area (Å²) in [7, 11) is 3.20. The van der Waals surface area contributed by atoms with Crippen LogP contribution in [0.5, 0.6) is 11.5 Å². The summed E-state index contributed by atoms with van der Waals surface area (Å²) in [6.45, 7) is 1.13. The first-order valence-electron chi connectivity index (χ1n) is 9.62. The number of carbonyl (C=O) groups excluding carboxylic acids is 1. The number of amides is 1. The van der Waals surface area contributed by atoms with Gasteiger partial charge in [-0.15, -0.1) is 0 Å². The molecule has 2 heterocycles. The number of methoxy groups -OCH3 is 2. The maximum Gasteiger partial charge on any atom is 0.240 e. The van der Waals surface area contributed by atoms with E-state index in [9.17, 15) is 9.90 Å². The minimum Gasteiger partial charge on any atom is -0.493 e. The zero-order valence-electron chi connectivity index (χ0n) is 16.3. The molecule has 0 aliphatic carbocycles. The molecule has 2 aromatic rings. The molecule has 28 heavy (non-hydrogen) atoms. The van der Waals surface area contributed by atoms with Crippen LogP contribution in [0.15, 0.2) is 36.4 Å². The fraction of sp³-hybridized carbons (Fsp3) is 0.409. The number of hydrogen-bond acceptors (Lipinski definition) is 5. The fourth-order valence-electron chi connectivity index (χ4n) is 4.32. The van der Waals surface area contributed by atoms with Gasteiger partial charge in [-0.05, 0) is 47.2 Å². The van der Waals surface area contributed by atoms with Crippen LogP contribution in [0.3, 0.4) is 0 Å². The van der Waals surface area contributed by atoms with Crippen LogP contribution in [0.2, 0.25) is 0 Å². The van der Waals surface area contributed by atoms with Crippen molar-refractivity contribution in [3.05, 3.63) is 58.7 Å². The summed E-state index contributed by atoms with van der Waals surface area (Å²) in [6, 6.07) is 11.4. The van der Waals surface area contributed by atoms with Gasteiger partial charge in [0.15, 0.2) is 11.5 Å². The molecule has 4 rings (SSSR count). The predicted molar refractivity (Wildman–Crippen MR) is 106 cm³/mol. The van der Waals surface area contributed by atoms with Gasteiger partial charge in [-0.1, -0.05) is 24.3 Å². The van der Waals surface area contributed by atoms with Crippen molar-refractivity contribution in [1.82, 2.24) is 10.2 Å². The van der Waals surface area contributed by atoms with Crippen LogP contribution >= 0.6 is 0 Å². The quantitative estimate of drug-likeness (QED) is 0.844. The molecule has 6 heteroatoms. The predicted octanol–water partition coefficient (Wildman–Crippen LogP) is 1.84. The van der Waals surface area contributed by atoms with E-state index in [2.05, 4.69) is 17.4 Å². The van der Waals surface area contributed by atoms with E-state index < -0.39 is 0 Å². The number of nitrogens with one attached hydrogen (secondary N) is 1. The Labute approximate surface area is 165 Å². The second-order valence-electron chi connectivity index (χ2n) is 7.29. The van der Waals surface area contributed by atoms with Gasteiger partial charge in [0.2, 0.25) is 5.91 Å². The summed E-state index contributed by atoms with van der Waals surface area (Å²) < 4.78 is 10.8. The third-order valence-electron chi connectivity index (χ3n) is 5.84. The zero-order chi connectivity index (χ0) is 19.7. The van der Waals surface area contributed by atoms with Crippen molar-refractivity contribution in [2.24, 2.45) is 0 Å². The van der Waals surface area contributed by atoms with E-state index in [1.807, 2.05) is 24.3 Å². The van der Waals surface area contributed by atoms with Gasteiger partial charge in [0.25, 0.3) is 0 Å². The number of ether oxygens (including phenoxy) is 2. The van der Waals surface area contributed by atoms with Crippen molar-refractivity contribution in [1.29, 1.82) is 0 Å². The molecule has 2 N–H and O–H groups in total. The molecule has 6 nitrogen and oxygen atoms in total. The minimum absolute atomic E-state index is 0.0361. The molecule has 148 valence electrons. The summed E-state index contributed by atoms with van der Waals surface area (Å²) in [6.07, 6.45) is 1.39. The van der Waals surface area contributed by atoms with Crippen LogP contribution in [-0.4, -0.2) is 49.3 Å². The van der Waals surface area contributed by atoms with Gasteiger partial charge < -0.3 is 24.8 Å². The molecule has 1 unspecified atom stereocenters. The van der Waals surface area contributed by atoms with E-state index in [1.54, 1.807) is 19.1 Å². The molecular formula is C22H26N2O4. The number of hydrogen-bond donors (Lipinski definition) is 2. The molecule has 2 aliphatic heterocycles. The van der Waals surface area contributed by atoms with Crippen LogP contribution in [0, 0.1) is 0 Å². The lowest BCUT2D eigenvalue weighted by atomic mass is 9.90. The van der Waals surface area contributed by atoms with E-state index >= 15 is 0 Å². The van der Waals surface area contributed by atoms with E-state index in [-0.39, 0.29) is 24.6 Å². The second kappa shape index (κ2) is 7.81. The average Bonchev–Trinajstić information content (AvgIpc) is 2.76. The first-order chi connectivity index (χ1) is 13.7. The minimum atomic E-state index is -0.380. The van der Waals surface area contributed by atoms with Gasteiger partial charge in [-0.2, -0.15) is 0 Å². The number of benzene rings is 2. The number of nitrogens with zero attached hydrogens (tertiary/aromatic N) is 1. The lowest BCUT2D eigenvalue weighted by Gasteiger charge is -2.39. The molecule has 0 fully saturated rings. The van der Waals surface area contributed by atoms with Crippen molar-refractivity contribution in [3.8, 4) is 11.5 Å². The Balaban J connectivity index is 1.60. The van der Waals surface area contributed by atoms with Gasteiger partial charge in [0.05, 0.1) is 32.9 Å². The van der Waals surface area contributed by atoms with Crippen LogP contribution in [0.25, 0.3) is 0 Å².